The number of aryl methyl sites for hydroxylation is 1. The first-order valence-corrected chi connectivity index (χ1v) is 8.20. The van der Waals surface area contributed by atoms with Crippen LogP contribution in [0.5, 0.6) is 0 Å². The molecular weight excluding hydrogens is 453 g/mol. The van der Waals surface area contributed by atoms with Gasteiger partial charge in [0.1, 0.15) is 11.6 Å². The van der Waals surface area contributed by atoms with Crippen molar-refractivity contribution in [3.8, 4) is 0 Å². The minimum atomic E-state index is -0.423. The van der Waals surface area contributed by atoms with E-state index in [0.717, 1.165) is 17.6 Å². The fourth-order valence-corrected chi connectivity index (χ4v) is 2.96. The summed E-state index contributed by atoms with van der Waals surface area (Å²) in [5, 5.41) is 7.46. The smallest absolute Gasteiger partial charge is 0.194 e. The summed E-state index contributed by atoms with van der Waals surface area (Å²) in [7, 11) is 3.62. The number of benzene rings is 1. The van der Waals surface area contributed by atoms with Crippen LogP contribution in [-0.4, -0.2) is 53.9 Å². The number of aromatic nitrogens is 2. The highest BCUT2D eigenvalue weighted by Gasteiger charge is 2.22. The zero-order valence-electron chi connectivity index (χ0n) is 14.8. The quantitative estimate of drug-likeness (QED) is 0.420. The lowest BCUT2D eigenvalue weighted by Gasteiger charge is -2.37. The fourth-order valence-electron chi connectivity index (χ4n) is 2.96. The summed E-state index contributed by atoms with van der Waals surface area (Å²) in [6.07, 6.45) is 3.76. The summed E-state index contributed by atoms with van der Waals surface area (Å²) < 4.78 is 29.1. The van der Waals surface area contributed by atoms with Gasteiger partial charge >= 0.3 is 0 Å². The van der Waals surface area contributed by atoms with E-state index < -0.39 is 11.6 Å². The van der Waals surface area contributed by atoms with Crippen LogP contribution < -0.4 is 10.2 Å². The maximum atomic E-state index is 13.9. The maximum absolute atomic E-state index is 13.9. The van der Waals surface area contributed by atoms with Gasteiger partial charge in [-0.2, -0.15) is 5.10 Å². The Hall–Kier alpha value is -1.91. The summed E-state index contributed by atoms with van der Waals surface area (Å²) in [5.74, 6) is -0.0232. The minimum absolute atomic E-state index is 0. The van der Waals surface area contributed by atoms with Crippen LogP contribution in [-0.2, 0) is 13.6 Å². The third-order valence-corrected chi connectivity index (χ3v) is 4.25. The highest BCUT2D eigenvalue weighted by Crippen LogP contribution is 2.21. The van der Waals surface area contributed by atoms with Crippen molar-refractivity contribution in [1.29, 1.82) is 0 Å². The van der Waals surface area contributed by atoms with Gasteiger partial charge in [0, 0.05) is 64.6 Å². The zero-order chi connectivity index (χ0) is 17.8. The van der Waals surface area contributed by atoms with Crippen molar-refractivity contribution in [3.05, 3.63) is 47.8 Å². The normalized spacial score (nSPS) is 15.0. The average Bonchev–Trinajstić information content (AvgIpc) is 3.03. The number of nitrogens with zero attached hydrogens (tertiary/aromatic N) is 5. The predicted molar refractivity (Wildman–Crippen MR) is 109 cm³/mol. The number of rotatable bonds is 3. The van der Waals surface area contributed by atoms with Gasteiger partial charge in [-0.05, 0) is 12.1 Å². The summed E-state index contributed by atoms with van der Waals surface area (Å²) in [4.78, 5) is 8.29. The molecule has 1 N–H and O–H groups in total. The lowest BCUT2D eigenvalue weighted by molar-refractivity contribution is 0.370. The Morgan fingerprint density at radius 3 is 2.58 bits per heavy atom. The van der Waals surface area contributed by atoms with Gasteiger partial charge in [0.05, 0.1) is 11.9 Å². The highest BCUT2D eigenvalue weighted by molar-refractivity contribution is 14.0. The van der Waals surface area contributed by atoms with Crippen molar-refractivity contribution in [3.63, 3.8) is 0 Å². The van der Waals surface area contributed by atoms with E-state index in [0.29, 0.717) is 38.4 Å². The molecule has 1 fully saturated rings. The fraction of sp³-hybridized carbons (Fsp3) is 0.412. The van der Waals surface area contributed by atoms with Crippen molar-refractivity contribution in [2.24, 2.45) is 12.0 Å². The number of anilines is 1. The van der Waals surface area contributed by atoms with Gasteiger partial charge in [0.25, 0.3) is 0 Å². The van der Waals surface area contributed by atoms with E-state index in [9.17, 15) is 8.78 Å². The molecule has 1 aromatic carbocycles. The van der Waals surface area contributed by atoms with Crippen LogP contribution in [0.3, 0.4) is 0 Å². The van der Waals surface area contributed by atoms with Crippen molar-refractivity contribution >= 4 is 35.6 Å². The van der Waals surface area contributed by atoms with Crippen molar-refractivity contribution < 1.29 is 8.78 Å². The molecule has 26 heavy (non-hydrogen) atoms. The van der Waals surface area contributed by atoms with Gasteiger partial charge in [0.2, 0.25) is 0 Å². The molecule has 142 valence electrons. The molecule has 2 aromatic rings. The molecule has 0 aliphatic carbocycles. The molecular formula is C17H23F2IN6. The molecule has 0 amide bonds. The Balaban J connectivity index is 0.00000243. The molecule has 2 heterocycles. The van der Waals surface area contributed by atoms with Gasteiger partial charge in [-0.3, -0.25) is 9.67 Å². The van der Waals surface area contributed by atoms with Crippen LogP contribution in [0, 0.1) is 11.6 Å². The van der Waals surface area contributed by atoms with Crippen LogP contribution in [0.25, 0.3) is 0 Å². The van der Waals surface area contributed by atoms with Crippen LogP contribution in [0.4, 0.5) is 14.5 Å². The molecule has 3 rings (SSSR count). The van der Waals surface area contributed by atoms with Gasteiger partial charge in [-0.15, -0.1) is 24.0 Å². The van der Waals surface area contributed by atoms with E-state index in [1.54, 1.807) is 11.7 Å². The standard InChI is InChI=1S/C17H22F2N6.HI/c1-20-17(21-10-13-11-22-23(2)12-13)25-7-5-24(6-8-25)16-9-14(18)3-4-15(16)19;/h3-4,9,11-12H,5-8,10H2,1-2H3,(H,20,21);1H. The van der Waals surface area contributed by atoms with E-state index in [-0.39, 0.29) is 24.0 Å². The molecule has 0 saturated carbocycles. The SMILES string of the molecule is CN=C(NCc1cnn(C)c1)N1CCN(c2cc(F)ccc2F)CC1.I. The number of hydrogen-bond acceptors (Lipinski definition) is 3. The number of aliphatic imine (C=N–C) groups is 1. The summed E-state index contributed by atoms with van der Waals surface area (Å²) in [6, 6.07) is 3.56. The molecule has 1 aromatic heterocycles. The van der Waals surface area contributed by atoms with E-state index in [1.165, 1.54) is 12.1 Å². The molecule has 0 unspecified atom stereocenters. The van der Waals surface area contributed by atoms with E-state index in [1.807, 2.05) is 24.3 Å². The van der Waals surface area contributed by atoms with Gasteiger partial charge in [-0.25, -0.2) is 8.78 Å². The first-order chi connectivity index (χ1) is 12.1. The predicted octanol–water partition coefficient (Wildman–Crippen LogP) is 2.21. The number of guanidine groups is 1. The Morgan fingerprint density at radius 1 is 1.23 bits per heavy atom. The molecule has 0 atom stereocenters. The van der Waals surface area contributed by atoms with Gasteiger partial charge in [-0.1, -0.05) is 0 Å². The van der Waals surface area contributed by atoms with Crippen molar-refractivity contribution in [1.82, 2.24) is 20.0 Å². The molecule has 0 bridgehead atoms. The second-order valence-corrected chi connectivity index (χ2v) is 5.99. The van der Waals surface area contributed by atoms with Crippen LogP contribution in [0.2, 0.25) is 0 Å². The second kappa shape index (κ2) is 9.15. The third kappa shape index (κ3) is 4.83. The summed E-state index contributed by atoms with van der Waals surface area (Å²) >= 11 is 0. The van der Waals surface area contributed by atoms with E-state index in [2.05, 4.69) is 20.3 Å². The number of nitrogens with one attached hydrogen (secondary N) is 1. The molecule has 6 nitrogen and oxygen atoms in total. The zero-order valence-corrected chi connectivity index (χ0v) is 17.2. The molecule has 0 radical (unpaired) electrons. The van der Waals surface area contributed by atoms with Gasteiger partial charge < -0.3 is 15.1 Å². The lowest BCUT2D eigenvalue weighted by atomic mass is 10.2. The Bertz CT molecular complexity index is 755. The molecule has 0 spiro atoms. The largest absolute Gasteiger partial charge is 0.366 e. The summed E-state index contributed by atoms with van der Waals surface area (Å²) in [6.45, 7) is 3.21. The monoisotopic (exact) mass is 476 g/mol. The average molecular weight is 476 g/mol. The van der Waals surface area contributed by atoms with E-state index in [4.69, 9.17) is 0 Å². The maximum Gasteiger partial charge on any atom is 0.194 e. The van der Waals surface area contributed by atoms with Crippen LogP contribution in [0.15, 0.2) is 35.6 Å². The second-order valence-electron chi connectivity index (χ2n) is 5.99. The van der Waals surface area contributed by atoms with Crippen molar-refractivity contribution in [2.45, 2.75) is 6.54 Å². The van der Waals surface area contributed by atoms with Crippen molar-refractivity contribution in [2.75, 3.05) is 38.1 Å². The summed E-state index contributed by atoms with van der Waals surface area (Å²) in [5.41, 5.74) is 1.39. The Kier molecular flexibility index (Phi) is 7.18. The van der Waals surface area contributed by atoms with E-state index >= 15 is 0 Å². The number of halogens is 3. The molecule has 1 aliphatic rings. The molecule has 9 heteroatoms. The first-order valence-electron chi connectivity index (χ1n) is 8.20. The lowest BCUT2D eigenvalue weighted by Crippen LogP contribution is -2.52. The topological polar surface area (TPSA) is 48.7 Å². The minimum Gasteiger partial charge on any atom is -0.366 e. The molecule has 1 aliphatic heterocycles. The highest BCUT2D eigenvalue weighted by atomic mass is 127. The number of hydrogen-bond donors (Lipinski definition) is 1. The van der Waals surface area contributed by atoms with Gasteiger partial charge in [0.15, 0.2) is 5.96 Å². The van der Waals surface area contributed by atoms with Crippen LogP contribution in [0.1, 0.15) is 5.56 Å². The third-order valence-electron chi connectivity index (χ3n) is 4.25. The Morgan fingerprint density at radius 2 is 1.96 bits per heavy atom. The van der Waals surface area contributed by atoms with Crippen LogP contribution >= 0.6 is 24.0 Å². The Labute approximate surface area is 168 Å². The first kappa shape index (κ1) is 20.4. The molecule has 1 saturated heterocycles. The number of piperazine rings is 1.